The summed E-state index contributed by atoms with van der Waals surface area (Å²) in [6.07, 6.45) is 4.51. The van der Waals surface area contributed by atoms with Gasteiger partial charge in [0, 0.05) is 30.4 Å². The Kier molecular flexibility index (Phi) is 8.06. The SMILES string of the molecule is COc1cccc(-c2ccc(OC)cc2N2CCC(COc3cccc(C(CC(=O)O)C4CC4)c3)CC2)c1. The second-order valence-electron chi connectivity index (χ2n) is 10.5. The average molecular weight is 516 g/mol. The van der Waals surface area contributed by atoms with E-state index >= 15 is 0 Å². The van der Waals surface area contributed by atoms with E-state index in [0.717, 1.165) is 67.1 Å². The molecule has 1 saturated heterocycles. The fraction of sp³-hybridized carbons (Fsp3) is 0.406. The van der Waals surface area contributed by atoms with Crippen molar-refractivity contribution in [3.8, 4) is 28.4 Å². The van der Waals surface area contributed by atoms with Crippen LogP contribution in [0.2, 0.25) is 0 Å². The van der Waals surface area contributed by atoms with E-state index in [2.05, 4.69) is 35.2 Å². The number of carboxylic acids is 1. The quantitative estimate of drug-likeness (QED) is 0.309. The van der Waals surface area contributed by atoms with Gasteiger partial charge in [0.2, 0.25) is 0 Å². The standard InChI is InChI=1S/C32H37NO5/c1-36-26-7-3-5-24(17-26)29-12-11-27(37-2)19-31(29)33-15-13-22(14-16-33)21-38-28-8-4-6-25(18-28)30(20-32(34)35)23-9-10-23/h3-8,11-12,17-19,22-23,30H,9-10,13-16,20-21H2,1-2H3,(H,34,35). The first kappa shape index (κ1) is 26.0. The maximum absolute atomic E-state index is 11.4. The van der Waals surface area contributed by atoms with Crippen molar-refractivity contribution in [1.29, 1.82) is 0 Å². The van der Waals surface area contributed by atoms with Gasteiger partial charge in [0.25, 0.3) is 0 Å². The molecule has 38 heavy (non-hydrogen) atoms. The van der Waals surface area contributed by atoms with Crippen LogP contribution in [-0.4, -0.2) is 45.0 Å². The Labute approximate surface area is 225 Å². The fourth-order valence-electron chi connectivity index (χ4n) is 5.57. The summed E-state index contributed by atoms with van der Waals surface area (Å²) in [5.74, 6) is 2.85. The summed E-state index contributed by atoms with van der Waals surface area (Å²) in [7, 11) is 3.40. The molecule has 2 fully saturated rings. The van der Waals surface area contributed by atoms with Crippen LogP contribution in [-0.2, 0) is 4.79 Å². The van der Waals surface area contributed by atoms with E-state index in [-0.39, 0.29) is 12.3 Å². The van der Waals surface area contributed by atoms with Gasteiger partial charge in [0.05, 0.1) is 27.2 Å². The Bertz CT molecular complexity index is 1250. The van der Waals surface area contributed by atoms with Gasteiger partial charge in [0.1, 0.15) is 17.2 Å². The van der Waals surface area contributed by atoms with Gasteiger partial charge in [-0.25, -0.2) is 0 Å². The summed E-state index contributed by atoms with van der Waals surface area (Å²) >= 11 is 0. The Hall–Kier alpha value is -3.67. The van der Waals surface area contributed by atoms with E-state index < -0.39 is 5.97 Å². The highest BCUT2D eigenvalue weighted by Crippen LogP contribution is 2.45. The number of rotatable bonds is 11. The van der Waals surface area contributed by atoms with Crippen molar-refractivity contribution in [2.75, 3.05) is 38.8 Å². The lowest BCUT2D eigenvalue weighted by Crippen LogP contribution is -2.35. The zero-order chi connectivity index (χ0) is 26.5. The molecular weight excluding hydrogens is 478 g/mol. The van der Waals surface area contributed by atoms with Crippen LogP contribution in [0.5, 0.6) is 17.2 Å². The molecule has 0 aromatic heterocycles. The minimum absolute atomic E-state index is 0.0842. The van der Waals surface area contributed by atoms with Gasteiger partial charge in [-0.2, -0.15) is 0 Å². The smallest absolute Gasteiger partial charge is 0.303 e. The molecule has 1 N–H and O–H groups in total. The van der Waals surface area contributed by atoms with Crippen molar-refractivity contribution < 1.29 is 24.1 Å². The maximum Gasteiger partial charge on any atom is 0.303 e. The molecule has 3 aromatic carbocycles. The minimum atomic E-state index is -0.731. The number of carboxylic acid groups (broad SMARTS) is 1. The molecule has 3 aromatic rings. The Balaban J connectivity index is 1.23. The van der Waals surface area contributed by atoms with Crippen LogP contribution in [0.25, 0.3) is 11.1 Å². The van der Waals surface area contributed by atoms with Gasteiger partial charge in [-0.3, -0.25) is 4.79 Å². The van der Waals surface area contributed by atoms with Crippen molar-refractivity contribution >= 4 is 11.7 Å². The van der Waals surface area contributed by atoms with E-state index in [9.17, 15) is 9.90 Å². The average Bonchev–Trinajstić information content (AvgIpc) is 3.80. The third-order valence-corrected chi connectivity index (χ3v) is 7.90. The molecule has 0 amide bonds. The first-order chi connectivity index (χ1) is 18.5. The van der Waals surface area contributed by atoms with Crippen molar-refractivity contribution in [3.63, 3.8) is 0 Å². The highest BCUT2D eigenvalue weighted by atomic mass is 16.5. The van der Waals surface area contributed by atoms with Crippen LogP contribution in [0.1, 0.15) is 43.6 Å². The van der Waals surface area contributed by atoms with Crippen LogP contribution in [0.3, 0.4) is 0 Å². The number of methoxy groups -OCH3 is 2. The summed E-state index contributed by atoms with van der Waals surface area (Å²) in [5.41, 5.74) is 4.56. The second kappa shape index (κ2) is 11.8. The fourth-order valence-corrected chi connectivity index (χ4v) is 5.57. The Morgan fingerprint density at radius 3 is 2.32 bits per heavy atom. The minimum Gasteiger partial charge on any atom is -0.497 e. The number of piperidine rings is 1. The Morgan fingerprint density at radius 2 is 1.61 bits per heavy atom. The van der Waals surface area contributed by atoms with Crippen LogP contribution in [0.4, 0.5) is 5.69 Å². The zero-order valence-corrected chi connectivity index (χ0v) is 22.3. The molecule has 1 saturated carbocycles. The number of carbonyl (C=O) groups is 1. The summed E-state index contributed by atoms with van der Waals surface area (Å²) in [6, 6.07) is 22.5. The lowest BCUT2D eigenvalue weighted by molar-refractivity contribution is -0.137. The second-order valence-corrected chi connectivity index (χ2v) is 10.5. The van der Waals surface area contributed by atoms with Crippen molar-refractivity contribution in [3.05, 3.63) is 72.3 Å². The molecule has 0 spiro atoms. The van der Waals surface area contributed by atoms with Gasteiger partial charge in [-0.15, -0.1) is 0 Å². The molecule has 1 heterocycles. The van der Waals surface area contributed by atoms with Gasteiger partial charge in [-0.05, 0) is 91.0 Å². The molecule has 2 aliphatic rings. The van der Waals surface area contributed by atoms with E-state index in [1.807, 2.05) is 36.4 Å². The van der Waals surface area contributed by atoms with Crippen LogP contribution < -0.4 is 19.1 Å². The maximum atomic E-state index is 11.4. The number of nitrogens with zero attached hydrogens (tertiary/aromatic N) is 1. The van der Waals surface area contributed by atoms with Gasteiger partial charge in [-0.1, -0.05) is 24.3 Å². The third kappa shape index (κ3) is 6.24. The lowest BCUT2D eigenvalue weighted by Gasteiger charge is -2.35. The summed E-state index contributed by atoms with van der Waals surface area (Å²) in [4.78, 5) is 13.8. The van der Waals surface area contributed by atoms with E-state index in [1.165, 1.54) is 11.3 Å². The first-order valence-electron chi connectivity index (χ1n) is 13.6. The van der Waals surface area contributed by atoms with Gasteiger partial charge >= 0.3 is 5.97 Å². The largest absolute Gasteiger partial charge is 0.497 e. The van der Waals surface area contributed by atoms with Crippen molar-refractivity contribution in [2.24, 2.45) is 11.8 Å². The number of ether oxygens (including phenoxy) is 3. The molecule has 1 aliphatic heterocycles. The molecule has 200 valence electrons. The number of hydrogen-bond acceptors (Lipinski definition) is 5. The van der Waals surface area contributed by atoms with Crippen molar-refractivity contribution in [2.45, 2.75) is 38.0 Å². The van der Waals surface area contributed by atoms with E-state index in [0.29, 0.717) is 18.4 Å². The van der Waals surface area contributed by atoms with Gasteiger partial charge < -0.3 is 24.2 Å². The predicted octanol–water partition coefficient (Wildman–Crippen LogP) is 6.63. The first-order valence-corrected chi connectivity index (χ1v) is 13.6. The zero-order valence-electron chi connectivity index (χ0n) is 22.3. The van der Waals surface area contributed by atoms with Crippen LogP contribution >= 0.6 is 0 Å². The molecule has 1 atom stereocenters. The monoisotopic (exact) mass is 515 g/mol. The molecule has 5 rings (SSSR count). The summed E-state index contributed by atoms with van der Waals surface area (Å²) < 4.78 is 17.2. The van der Waals surface area contributed by atoms with E-state index in [1.54, 1.807) is 14.2 Å². The highest BCUT2D eigenvalue weighted by molar-refractivity contribution is 5.80. The summed E-state index contributed by atoms with van der Waals surface area (Å²) in [6.45, 7) is 2.56. The Morgan fingerprint density at radius 1 is 0.895 bits per heavy atom. The molecule has 6 nitrogen and oxygen atoms in total. The number of aliphatic carboxylic acids is 1. The molecule has 1 aliphatic carbocycles. The van der Waals surface area contributed by atoms with Crippen LogP contribution in [0.15, 0.2) is 66.7 Å². The molecule has 0 radical (unpaired) electrons. The predicted molar refractivity (Wildman–Crippen MR) is 150 cm³/mol. The van der Waals surface area contributed by atoms with Crippen LogP contribution in [0, 0.1) is 11.8 Å². The number of benzene rings is 3. The summed E-state index contributed by atoms with van der Waals surface area (Å²) in [5, 5.41) is 9.36. The normalized spacial score (nSPS) is 16.6. The lowest BCUT2D eigenvalue weighted by atomic mass is 9.91. The van der Waals surface area contributed by atoms with Crippen molar-refractivity contribution in [1.82, 2.24) is 0 Å². The van der Waals surface area contributed by atoms with E-state index in [4.69, 9.17) is 14.2 Å². The molecule has 6 heteroatoms. The number of anilines is 1. The van der Waals surface area contributed by atoms with Gasteiger partial charge in [0.15, 0.2) is 0 Å². The topological polar surface area (TPSA) is 68.2 Å². The molecular formula is C32H37NO5. The molecule has 0 bridgehead atoms. The molecule has 1 unspecified atom stereocenters. The highest BCUT2D eigenvalue weighted by Gasteiger charge is 2.34. The number of hydrogen-bond donors (Lipinski definition) is 1. The third-order valence-electron chi connectivity index (χ3n) is 7.90.